The maximum Gasteiger partial charge on any atom is 0.348 e. The number of likely N-dealkylation sites (tertiary alicyclic amines) is 1. The first kappa shape index (κ1) is 29.8. The van der Waals surface area contributed by atoms with Crippen molar-refractivity contribution in [1.82, 2.24) is 39.2 Å². The lowest BCUT2D eigenvalue weighted by molar-refractivity contribution is 0.0531. The van der Waals surface area contributed by atoms with E-state index in [4.69, 9.17) is 26.3 Å². The van der Waals surface area contributed by atoms with Gasteiger partial charge in [0.1, 0.15) is 20.6 Å². The van der Waals surface area contributed by atoms with Crippen LogP contribution in [0, 0.1) is 6.92 Å². The van der Waals surface area contributed by atoms with Crippen LogP contribution in [0.1, 0.15) is 53.1 Å². The Kier molecular flexibility index (Phi) is 8.54. The third-order valence-corrected chi connectivity index (χ3v) is 10.3. The number of hydrogen-bond acceptors (Lipinski definition) is 10. The number of aryl methyl sites for hydroxylation is 1. The number of aromatic nitrogens is 7. The molecule has 0 N–H and O–H groups in total. The van der Waals surface area contributed by atoms with Crippen LogP contribution in [0.5, 0.6) is 0 Å². The van der Waals surface area contributed by atoms with Gasteiger partial charge in [-0.2, -0.15) is 0 Å². The molecule has 0 radical (unpaired) electrons. The Morgan fingerprint density at radius 2 is 1.82 bits per heavy atom. The average molecular weight is 659 g/mol. The lowest BCUT2D eigenvalue weighted by Crippen LogP contribution is -2.29. The first-order valence-corrected chi connectivity index (χ1v) is 17.0. The highest BCUT2D eigenvalue weighted by atomic mass is 35.5. The molecule has 1 fully saturated rings. The summed E-state index contributed by atoms with van der Waals surface area (Å²) in [6.07, 6.45) is 5.41. The highest BCUT2D eigenvalue weighted by Gasteiger charge is 2.25. The maximum atomic E-state index is 12.9. The van der Waals surface area contributed by atoms with Gasteiger partial charge in [0.25, 0.3) is 0 Å². The van der Waals surface area contributed by atoms with E-state index in [1.165, 1.54) is 42.4 Å². The van der Waals surface area contributed by atoms with Crippen LogP contribution in [0.4, 0.5) is 0 Å². The van der Waals surface area contributed by atoms with Gasteiger partial charge in [-0.3, -0.25) is 9.47 Å². The molecule has 13 heteroatoms. The molecule has 6 aromatic rings. The molecule has 0 saturated carbocycles. The summed E-state index contributed by atoms with van der Waals surface area (Å²) in [5.74, 6) is 1.07. The Morgan fingerprint density at radius 1 is 1.02 bits per heavy atom. The fourth-order valence-electron chi connectivity index (χ4n) is 5.72. The SMILES string of the molecule is CCOC(=O)c1sc2nc(CN3CCCCC3)nc(Sc3nnc(Cn4cnc5ccccc54)n3-c3ccccc3Cl)c2c1C. The minimum atomic E-state index is -0.347. The standard InChI is InChI=1S/C32H31ClN8O2S2/c1-3-43-31(42)28-20(2)27-29(44-28)35-25(17-39-15-9-4-10-16-39)36-30(27)45-32-38-37-26(41(32)23-13-7-5-11-21(23)33)18-40-19-34-22-12-6-8-14-24(22)40/h5-8,11-14,19H,3-4,9-10,15-18H2,1-2H3. The maximum absolute atomic E-state index is 12.9. The van der Waals surface area contributed by atoms with Crippen molar-refractivity contribution >= 4 is 61.9 Å². The molecule has 0 amide bonds. The number of thiophene rings is 1. The number of fused-ring (bicyclic) bond motifs is 2. The summed E-state index contributed by atoms with van der Waals surface area (Å²) < 4.78 is 9.41. The average Bonchev–Trinajstić information content (AvgIpc) is 3.74. The summed E-state index contributed by atoms with van der Waals surface area (Å²) in [7, 11) is 0. The minimum absolute atomic E-state index is 0.302. The molecule has 1 aliphatic rings. The van der Waals surface area contributed by atoms with Crippen LogP contribution in [-0.4, -0.2) is 64.8 Å². The van der Waals surface area contributed by atoms with Crippen molar-refractivity contribution in [3.63, 3.8) is 0 Å². The van der Waals surface area contributed by atoms with Crippen molar-refractivity contribution in [2.75, 3.05) is 19.7 Å². The van der Waals surface area contributed by atoms with Crippen LogP contribution in [0.3, 0.4) is 0 Å². The van der Waals surface area contributed by atoms with E-state index in [0.29, 0.717) is 40.6 Å². The summed E-state index contributed by atoms with van der Waals surface area (Å²) in [6, 6.07) is 15.7. The van der Waals surface area contributed by atoms with Gasteiger partial charge >= 0.3 is 5.97 Å². The number of rotatable bonds is 9. The van der Waals surface area contributed by atoms with Crippen molar-refractivity contribution in [1.29, 1.82) is 0 Å². The van der Waals surface area contributed by atoms with Crippen LogP contribution in [0.15, 0.2) is 65.0 Å². The number of carbonyl (C=O) groups is 1. The molecule has 230 valence electrons. The monoisotopic (exact) mass is 658 g/mol. The van der Waals surface area contributed by atoms with Crippen molar-refractivity contribution in [3.8, 4) is 5.69 Å². The summed E-state index contributed by atoms with van der Waals surface area (Å²) in [4.78, 5) is 31.2. The molecule has 0 bridgehead atoms. The van der Waals surface area contributed by atoms with Gasteiger partial charge in [-0.15, -0.1) is 21.5 Å². The van der Waals surface area contributed by atoms with Gasteiger partial charge in [0.2, 0.25) is 5.16 Å². The largest absolute Gasteiger partial charge is 0.462 e. The number of esters is 1. The van der Waals surface area contributed by atoms with Crippen molar-refractivity contribution < 1.29 is 9.53 Å². The molecule has 0 atom stereocenters. The number of benzene rings is 2. The molecule has 1 saturated heterocycles. The van der Waals surface area contributed by atoms with Gasteiger partial charge < -0.3 is 9.30 Å². The number of nitrogens with zero attached hydrogens (tertiary/aromatic N) is 8. The van der Waals surface area contributed by atoms with Gasteiger partial charge in [-0.1, -0.05) is 42.3 Å². The lowest BCUT2D eigenvalue weighted by Gasteiger charge is -2.25. The van der Waals surface area contributed by atoms with Crippen LogP contribution in [0.2, 0.25) is 5.02 Å². The number of ether oxygens (including phenoxy) is 1. The van der Waals surface area contributed by atoms with E-state index in [-0.39, 0.29) is 5.97 Å². The zero-order chi connectivity index (χ0) is 30.9. The van der Waals surface area contributed by atoms with Crippen LogP contribution >= 0.6 is 34.7 Å². The molecule has 4 aromatic heterocycles. The normalized spacial score (nSPS) is 14.0. The number of halogens is 1. The highest BCUT2D eigenvalue weighted by molar-refractivity contribution is 7.99. The van der Waals surface area contributed by atoms with Crippen LogP contribution in [-0.2, 0) is 17.8 Å². The molecule has 2 aromatic carbocycles. The fraction of sp³-hybridized carbons (Fsp3) is 0.312. The van der Waals surface area contributed by atoms with Gasteiger partial charge in [0.15, 0.2) is 5.82 Å². The summed E-state index contributed by atoms with van der Waals surface area (Å²) >= 11 is 9.53. The second-order valence-electron chi connectivity index (χ2n) is 10.9. The Balaban J connectivity index is 1.34. The van der Waals surface area contributed by atoms with Gasteiger partial charge in [0, 0.05) is 5.39 Å². The Bertz CT molecular complexity index is 2010. The first-order valence-electron chi connectivity index (χ1n) is 15.0. The molecule has 5 heterocycles. The third kappa shape index (κ3) is 5.95. The topological polar surface area (TPSA) is 104 Å². The van der Waals surface area contributed by atoms with Gasteiger partial charge in [-0.25, -0.2) is 19.7 Å². The molecule has 7 rings (SSSR count). The summed E-state index contributed by atoms with van der Waals surface area (Å²) in [5, 5.41) is 12.0. The molecular weight excluding hydrogens is 628 g/mol. The smallest absolute Gasteiger partial charge is 0.348 e. The fourth-order valence-corrected chi connectivity index (χ4v) is 8.15. The van der Waals surface area contributed by atoms with E-state index >= 15 is 0 Å². The van der Waals surface area contributed by atoms with E-state index in [2.05, 4.69) is 24.6 Å². The summed E-state index contributed by atoms with van der Waals surface area (Å²) in [6.45, 7) is 7.16. The zero-order valence-corrected chi connectivity index (χ0v) is 27.3. The predicted octanol–water partition coefficient (Wildman–Crippen LogP) is 6.95. The van der Waals surface area contributed by atoms with Gasteiger partial charge in [0.05, 0.1) is 47.8 Å². The molecule has 0 unspecified atom stereocenters. The van der Waals surface area contributed by atoms with Crippen LogP contribution in [0.25, 0.3) is 26.9 Å². The Morgan fingerprint density at radius 3 is 2.64 bits per heavy atom. The summed E-state index contributed by atoms with van der Waals surface area (Å²) in [5.41, 5.74) is 3.47. The van der Waals surface area contributed by atoms with E-state index in [1.807, 2.05) is 73.3 Å². The molecular formula is C32H31ClN8O2S2. The minimum Gasteiger partial charge on any atom is -0.462 e. The number of para-hydroxylation sites is 3. The molecule has 1 aliphatic heterocycles. The molecule has 0 spiro atoms. The Labute approximate surface area is 273 Å². The van der Waals surface area contributed by atoms with E-state index in [1.54, 1.807) is 0 Å². The lowest BCUT2D eigenvalue weighted by atomic mass is 10.1. The highest BCUT2D eigenvalue weighted by Crippen LogP contribution is 2.40. The molecule has 45 heavy (non-hydrogen) atoms. The number of imidazole rings is 1. The number of carbonyl (C=O) groups excluding carboxylic acids is 1. The third-order valence-electron chi connectivity index (χ3n) is 7.90. The second-order valence-corrected chi connectivity index (χ2v) is 13.2. The predicted molar refractivity (Wildman–Crippen MR) is 177 cm³/mol. The van der Waals surface area contributed by atoms with Crippen molar-refractivity contribution in [2.45, 2.75) is 56.4 Å². The number of hydrogen-bond donors (Lipinski definition) is 0. The molecule has 0 aliphatic carbocycles. The van der Waals surface area contributed by atoms with Crippen LogP contribution < -0.4 is 0 Å². The second kappa shape index (κ2) is 12.9. The van der Waals surface area contributed by atoms with Gasteiger partial charge in [-0.05, 0) is 81.4 Å². The first-order chi connectivity index (χ1) is 22.0. The van der Waals surface area contributed by atoms with E-state index < -0.39 is 0 Å². The van der Waals surface area contributed by atoms with Crippen molar-refractivity contribution in [3.05, 3.63) is 82.0 Å². The quantitative estimate of drug-likeness (QED) is 0.121. The van der Waals surface area contributed by atoms with E-state index in [0.717, 1.165) is 56.4 Å². The van der Waals surface area contributed by atoms with Crippen molar-refractivity contribution in [2.24, 2.45) is 0 Å². The molecule has 10 nitrogen and oxygen atoms in total. The Hall–Kier alpha value is -3.84. The van der Waals surface area contributed by atoms with E-state index in [9.17, 15) is 4.79 Å². The zero-order valence-electron chi connectivity index (χ0n) is 24.9. The number of piperidine rings is 1.